The summed E-state index contributed by atoms with van der Waals surface area (Å²) in [5.74, 6) is 0.593. The molecule has 0 bridgehead atoms. The Morgan fingerprint density at radius 1 is 1.11 bits per heavy atom. The number of rotatable bonds is 7. The highest BCUT2D eigenvalue weighted by Gasteiger charge is 2.39. The van der Waals surface area contributed by atoms with Gasteiger partial charge in [0.2, 0.25) is 5.91 Å². The van der Waals surface area contributed by atoms with E-state index in [4.69, 9.17) is 9.47 Å². The number of benzene rings is 2. The number of nitrogens with zero attached hydrogens (tertiary/aromatic N) is 1. The number of urea groups is 1. The van der Waals surface area contributed by atoms with Crippen molar-refractivity contribution < 1.29 is 23.9 Å². The molecule has 0 radical (unpaired) electrons. The first kappa shape index (κ1) is 23.7. The molecule has 1 aromatic heterocycles. The van der Waals surface area contributed by atoms with E-state index in [1.165, 1.54) is 0 Å². The maximum absolute atomic E-state index is 13.0. The number of amides is 4. The number of carbonyl (C=O) groups is 3. The van der Waals surface area contributed by atoms with Gasteiger partial charge in [-0.1, -0.05) is 38.1 Å². The lowest BCUT2D eigenvalue weighted by atomic mass is 9.95. The van der Waals surface area contributed by atoms with Crippen molar-refractivity contribution in [1.29, 1.82) is 0 Å². The summed E-state index contributed by atoms with van der Waals surface area (Å²) in [6, 6.07) is 11.8. The molecule has 9 nitrogen and oxygen atoms in total. The minimum Gasteiger partial charge on any atom is -0.490 e. The monoisotopic (exact) mass is 490 g/mol. The standard InChI is InChI=1S/C27H30N4O5/c1-16(2)25(17-8-9-22-23(13-17)36-11-5-10-35-22)30-24(32)15-31-26(33)21(29-27(31)34)12-18-14-28-20-7-4-3-6-19(18)20/h3-4,6-9,13-14,16,21,25,28H,5,10-12,15H2,1-2H3,(H,29,34)(H,30,32)/t21-,25-/m0/s1. The molecule has 3 heterocycles. The predicted octanol–water partition coefficient (Wildman–Crippen LogP) is 3.31. The number of ether oxygens (including phenoxy) is 2. The maximum Gasteiger partial charge on any atom is 0.325 e. The maximum atomic E-state index is 13.0. The number of fused-ring (bicyclic) bond motifs is 2. The van der Waals surface area contributed by atoms with Crippen LogP contribution in [0.15, 0.2) is 48.7 Å². The lowest BCUT2D eigenvalue weighted by Gasteiger charge is -2.25. The molecular formula is C27H30N4O5. The van der Waals surface area contributed by atoms with Gasteiger partial charge in [-0.15, -0.1) is 0 Å². The summed E-state index contributed by atoms with van der Waals surface area (Å²) in [7, 11) is 0. The van der Waals surface area contributed by atoms with Gasteiger partial charge in [-0.3, -0.25) is 14.5 Å². The van der Waals surface area contributed by atoms with Crippen molar-refractivity contribution in [3.63, 3.8) is 0 Å². The van der Waals surface area contributed by atoms with Crippen molar-refractivity contribution >= 4 is 28.7 Å². The van der Waals surface area contributed by atoms with Crippen LogP contribution >= 0.6 is 0 Å². The number of nitrogens with one attached hydrogen (secondary N) is 3. The Balaban J connectivity index is 1.25. The molecule has 9 heteroatoms. The summed E-state index contributed by atoms with van der Waals surface area (Å²) in [6.45, 7) is 4.83. The van der Waals surface area contributed by atoms with Gasteiger partial charge in [-0.05, 0) is 35.2 Å². The number of hydrogen-bond donors (Lipinski definition) is 3. The van der Waals surface area contributed by atoms with E-state index >= 15 is 0 Å². The molecular weight excluding hydrogens is 460 g/mol. The third-order valence-corrected chi connectivity index (χ3v) is 6.62. The van der Waals surface area contributed by atoms with Crippen LogP contribution in [0.3, 0.4) is 0 Å². The van der Waals surface area contributed by atoms with Crippen LogP contribution in [0.5, 0.6) is 11.5 Å². The van der Waals surface area contributed by atoms with Crippen LogP contribution in [0, 0.1) is 5.92 Å². The first-order valence-corrected chi connectivity index (χ1v) is 12.3. The quantitative estimate of drug-likeness (QED) is 0.440. The van der Waals surface area contributed by atoms with Crippen LogP contribution in [-0.4, -0.2) is 53.5 Å². The van der Waals surface area contributed by atoms with Crippen molar-refractivity contribution in [1.82, 2.24) is 20.5 Å². The second-order valence-corrected chi connectivity index (χ2v) is 9.54. The molecule has 3 aromatic rings. The van der Waals surface area contributed by atoms with Crippen molar-refractivity contribution in [3.8, 4) is 11.5 Å². The van der Waals surface area contributed by atoms with Crippen LogP contribution < -0.4 is 20.1 Å². The molecule has 0 saturated carbocycles. The fraction of sp³-hybridized carbons (Fsp3) is 0.370. The van der Waals surface area contributed by atoms with Gasteiger partial charge in [0.15, 0.2) is 11.5 Å². The smallest absolute Gasteiger partial charge is 0.325 e. The molecule has 0 spiro atoms. The first-order valence-electron chi connectivity index (χ1n) is 12.3. The van der Waals surface area contributed by atoms with Gasteiger partial charge >= 0.3 is 6.03 Å². The molecule has 0 aliphatic carbocycles. The number of carbonyl (C=O) groups excluding carboxylic acids is 3. The first-order chi connectivity index (χ1) is 17.4. The Bertz CT molecular complexity index is 1300. The minimum absolute atomic E-state index is 0.0661. The van der Waals surface area contributed by atoms with Crippen LogP contribution in [0.1, 0.15) is 37.4 Å². The Morgan fingerprint density at radius 3 is 2.69 bits per heavy atom. The van der Waals surface area contributed by atoms with E-state index in [0.29, 0.717) is 31.1 Å². The summed E-state index contributed by atoms with van der Waals surface area (Å²) in [5.41, 5.74) is 2.77. The molecule has 188 valence electrons. The zero-order valence-corrected chi connectivity index (χ0v) is 20.4. The average molecular weight is 491 g/mol. The summed E-state index contributed by atoms with van der Waals surface area (Å²) in [4.78, 5) is 42.7. The van der Waals surface area contributed by atoms with Crippen LogP contribution in [0.4, 0.5) is 4.79 Å². The predicted molar refractivity (Wildman–Crippen MR) is 134 cm³/mol. The molecule has 1 fully saturated rings. The van der Waals surface area contributed by atoms with Gasteiger partial charge in [0.1, 0.15) is 12.6 Å². The lowest BCUT2D eigenvalue weighted by molar-refractivity contribution is -0.132. The number of aromatic amines is 1. The molecule has 36 heavy (non-hydrogen) atoms. The summed E-state index contributed by atoms with van der Waals surface area (Å²) in [5, 5.41) is 6.72. The zero-order valence-electron chi connectivity index (χ0n) is 20.4. The number of para-hydroxylation sites is 1. The summed E-state index contributed by atoms with van der Waals surface area (Å²) >= 11 is 0. The van der Waals surface area contributed by atoms with Gasteiger partial charge in [0.05, 0.1) is 19.3 Å². The normalized spacial score (nSPS) is 18.3. The van der Waals surface area contributed by atoms with Gasteiger partial charge < -0.3 is 25.1 Å². The Hall–Kier alpha value is -4.01. The molecule has 2 aliphatic rings. The fourth-order valence-electron chi connectivity index (χ4n) is 4.76. The van der Waals surface area contributed by atoms with Crippen molar-refractivity contribution in [2.75, 3.05) is 19.8 Å². The highest BCUT2D eigenvalue weighted by molar-refractivity contribution is 6.06. The molecule has 1 saturated heterocycles. The third-order valence-electron chi connectivity index (χ3n) is 6.62. The molecule has 2 aromatic carbocycles. The number of aromatic nitrogens is 1. The summed E-state index contributed by atoms with van der Waals surface area (Å²) in [6.07, 6.45) is 3.00. The topological polar surface area (TPSA) is 113 Å². The molecule has 2 aliphatic heterocycles. The van der Waals surface area contributed by atoms with Crippen LogP contribution in [0.2, 0.25) is 0 Å². The largest absolute Gasteiger partial charge is 0.490 e. The highest BCUT2D eigenvalue weighted by atomic mass is 16.5. The summed E-state index contributed by atoms with van der Waals surface area (Å²) < 4.78 is 11.5. The lowest BCUT2D eigenvalue weighted by Crippen LogP contribution is -2.43. The second-order valence-electron chi connectivity index (χ2n) is 9.54. The molecule has 3 N–H and O–H groups in total. The Morgan fingerprint density at radius 2 is 1.89 bits per heavy atom. The molecule has 2 atom stereocenters. The van der Waals surface area contributed by atoms with Gasteiger partial charge in [-0.25, -0.2) is 4.79 Å². The second kappa shape index (κ2) is 9.93. The molecule has 0 unspecified atom stereocenters. The van der Waals surface area contributed by atoms with Crippen molar-refractivity contribution in [3.05, 3.63) is 59.8 Å². The van der Waals surface area contributed by atoms with E-state index in [2.05, 4.69) is 15.6 Å². The van der Waals surface area contributed by atoms with E-state index in [1.54, 1.807) is 0 Å². The Kier molecular flexibility index (Phi) is 6.54. The van der Waals surface area contributed by atoms with Crippen LogP contribution in [-0.2, 0) is 16.0 Å². The zero-order chi connectivity index (χ0) is 25.2. The third kappa shape index (κ3) is 4.73. The molecule has 4 amide bonds. The van der Waals surface area contributed by atoms with E-state index in [0.717, 1.165) is 33.4 Å². The number of H-pyrrole nitrogens is 1. The van der Waals surface area contributed by atoms with Crippen LogP contribution in [0.25, 0.3) is 10.9 Å². The molecule has 5 rings (SSSR count). The highest BCUT2D eigenvalue weighted by Crippen LogP contribution is 2.34. The minimum atomic E-state index is -0.716. The van der Waals surface area contributed by atoms with Gasteiger partial charge in [-0.2, -0.15) is 0 Å². The van der Waals surface area contributed by atoms with E-state index in [-0.39, 0.29) is 18.5 Å². The number of hydrogen-bond acceptors (Lipinski definition) is 5. The van der Waals surface area contributed by atoms with E-state index in [9.17, 15) is 14.4 Å². The van der Waals surface area contributed by atoms with Crippen molar-refractivity contribution in [2.24, 2.45) is 5.92 Å². The fourth-order valence-corrected chi connectivity index (χ4v) is 4.76. The SMILES string of the molecule is CC(C)[C@H](NC(=O)CN1C(=O)N[C@@H](Cc2c[nH]c3ccccc23)C1=O)c1ccc2c(c1)OCCCO2. The van der Waals surface area contributed by atoms with E-state index in [1.807, 2.05) is 62.5 Å². The number of imide groups is 1. The average Bonchev–Trinajstić information content (AvgIpc) is 3.27. The van der Waals surface area contributed by atoms with Gasteiger partial charge in [0, 0.05) is 29.9 Å². The van der Waals surface area contributed by atoms with Crippen molar-refractivity contribution in [2.45, 2.75) is 38.8 Å². The van der Waals surface area contributed by atoms with E-state index < -0.39 is 23.9 Å². The Labute approximate surface area is 209 Å². The van der Waals surface area contributed by atoms with Gasteiger partial charge in [0.25, 0.3) is 5.91 Å².